The van der Waals surface area contributed by atoms with E-state index in [1.54, 1.807) is 25.4 Å². The van der Waals surface area contributed by atoms with E-state index in [0.29, 0.717) is 23.9 Å². The fraction of sp³-hybridized carbons (Fsp3) is 0.316. The number of nitrogens with zero attached hydrogens (tertiary/aromatic N) is 5. The topological polar surface area (TPSA) is 109 Å². The van der Waals surface area contributed by atoms with Crippen molar-refractivity contribution in [2.45, 2.75) is 6.42 Å². The average molecular weight is 379 g/mol. The van der Waals surface area contributed by atoms with Gasteiger partial charge in [0.1, 0.15) is 6.33 Å². The van der Waals surface area contributed by atoms with Gasteiger partial charge in [0.15, 0.2) is 5.82 Å². The Bertz CT molecular complexity index is 1030. The Morgan fingerprint density at radius 3 is 3.00 bits per heavy atom. The van der Waals surface area contributed by atoms with E-state index in [9.17, 15) is 9.59 Å². The zero-order valence-corrected chi connectivity index (χ0v) is 15.5. The minimum absolute atomic E-state index is 0.127. The van der Waals surface area contributed by atoms with Crippen LogP contribution in [0.5, 0.6) is 0 Å². The van der Waals surface area contributed by atoms with Crippen molar-refractivity contribution in [2.75, 3.05) is 24.5 Å². The number of carbonyl (C=O) groups excluding carboxylic acids is 1. The highest BCUT2D eigenvalue weighted by Crippen LogP contribution is 2.22. The maximum Gasteiger partial charge on any atom is 0.268 e. The van der Waals surface area contributed by atoms with Gasteiger partial charge in [0.2, 0.25) is 0 Å². The first kappa shape index (κ1) is 17.9. The molecule has 1 aliphatic heterocycles. The molecule has 1 fully saturated rings. The molecule has 0 unspecified atom stereocenters. The Hall–Kier alpha value is -3.49. The number of carbonyl (C=O) groups is 1. The first-order valence-corrected chi connectivity index (χ1v) is 9.13. The summed E-state index contributed by atoms with van der Waals surface area (Å²) in [5.41, 5.74) is 1.98. The zero-order chi connectivity index (χ0) is 19.5. The van der Waals surface area contributed by atoms with Crippen molar-refractivity contribution in [2.24, 2.45) is 13.0 Å². The lowest BCUT2D eigenvalue weighted by atomic mass is 10.1. The summed E-state index contributed by atoms with van der Waals surface area (Å²) in [5.74, 6) is 0.738. The van der Waals surface area contributed by atoms with Gasteiger partial charge in [0, 0.05) is 38.3 Å². The number of rotatable bonds is 5. The van der Waals surface area contributed by atoms with Crippen LogP contribution in [0.2, 0.25) is 0 Å². The minimum atomic E-state index is -0.138. The smallest absolute Gasteiger partial charge is 0.268 e. The molecule has 1 atom stereocenters. The predicted octanol–water partition coefficient (Wildman–Crippen LogP) is 0.822. The molecule has 1 saturated heterocycles. The number of benzene rings is 1. The van der Waals surface area contributed by atoms with E-state index in [1.807, 2.05) is 18.2 Å². The van der Waals surface area contributed by atoms with Gasteiger partial charge >= 0.3 is 0 Å². The molecule has 2 N–H and O–H groups in total. The molecule has 1 aromatic carbocycles. The van der Waals surface area contributed by atoms with Crippen molar-refractivity contribution in [3.8, 4) is 11.4 Å². The number of amides is 1. The summed E-state index contributed by atoms with van der Waals surface area (Å²) in [6, 6.07) is 8.91. The number of nitrogens with one attached hydrogen (secondary N) is 2. The van der Waals surface area contributed by atoms with Crippen LogP contribution in [0.1, 0.15) is 16.8 Å². The van der Waals surface area contributed by atoms with E-state index in [1.165, 1.54) is 11.0 Å². The molecule has 2 aromatic heterocycles. The van der Waals surface area contributed by atoms with Gasteiger partial charge in [-0.3, -0.25) is 14.7 Å². The highest BCUT2D eigenvalue weighted by atomic mass is 16.1. The van der Waals surface area contributed by atoms with Crippen LogP contribution in [-0.4, -0.2) is 50.5 Å². The number of aryl methyl sites for hydroxylation is 1. The van der Waals surface area contributed by atoms with Crippen LogP contribution in [0.25, 0.3) is 11.4 Å². The summed E-state index contributed by atoms with van der Waals surface area (Å²) in [7, 11) is 1.63. The van der Waals surface area contributed by atoms with Crippen molar-refractivity contribution < 1.29 is 4.79 Å². The Labute approximate surface area is 161 Å². The van der Waals surface area contributed by atoms with Crippen LogP contribution in [0.3, 0.4) is 0 Å². The average Bonchev–Trinajstić information content (AvgIpc) is 3.40. The summed E-state index contributed by atoms with van der Waals surface area (Å²) in [4.78, 5) is 30.8. The van der Waals surface area contributed by atoms with Crippen molar-refractivity contribution in [1.82, 2.24) is 30.3 Å². The molecular formula is C19H21N7O2. The first-order chi connectivity index (χ1) is 13.6. The lowest BCUT2D eigenvalue weighted by molar-refractivity contribution is 0.0949. The summed E-state index contributed by atoms with van der Waals surface area (Å²) in [5, 5.41) is 13.8. The maximum absolute atomic E-state index is 12.7. The molecule has 0 radical (unpaired) electrons. The Kier molecular flexibility index (Phi) is 4.88. The number of anilines is 1. The number of aromatic nitrogens is 5. The Morgan fingerprint density at radius 1 is 1.36 bits per heavy atom. The fourth-order valence-electron chi connectivity index (χ4n) is 3.42. The van der Waals surface area contributed by atoms with Gasteiger partial charge in [-0.05, 0) is 18.4 Å². The van der Waals surface area contributed by atoms with Gasteiger partial charge < -0.3 is 10.2 Å². The van der Waals surface area contributed by atoms with E-state index in [4.69, 9.17) is 0 Å². The van der Waals surface area contributed by atoms with Gasteiger partial charge in [-0.2, -0.15) is 10.2 Å². The van der Waals surface area contributed by atoms with Gasteiger partial charge in [-0.25, -0.2) is 9.67 Å². The second-order valence-corrected chi connectivity index (χ2v) is 6.87. The van der Waals surface area contributed by atoms with Crippen LogP contribution in [0.4, 0.5) is 5.69 Å². The van der Waals surface area contributed by atoms with Crippen molar-refractivity contribution in [1.29, 1.82) is 0 Å². The summed E-state index contributed by atoms with van der Waals surface area (Å²) in [6.45, 7) is 2.18. The molecule has 0 bridgehead atoms. The number of hydrogen-bond donors (Lipinski definition) is 2. The summed E-state index contributed by atoms with van der Waals surface area (Å²) < 4.78 is 1.31. The zero-order valence-electron chi connectivity index (χ0n) is 15.5. The van der Waals surface area contributed by atoms with Gasteiger partial charge in [-0.15, -0.1) is 0 Å². The molecular weight excluding hydrogens is 358 g/mol. The molecule has 1 aliphatic rings. The number of hydrogen-bond acceptors (Lipinski definition) is 6. The van der Waals surface area contributed by atoms with E-state index in [0.717, 1.165) is 30.8 Å². The Balaban J connectivity index is 1.39. The van der Waals surface area contributed by atoms with E-state index < -0.39 is 0 Å². The SMILES string of the molecule is Cn1ncc(N2CC[C@@H](CNC(=O)c3ccccc3-c3ncn[nH]3)C2)cc1=O. The third-order valence-corrected chi connectivity index (χ3v) is 5.00. The van der Waals surface area contributed by atoms with Crippen LogP contribution >= 0.6 is 0 Å². The summed E-state index contributed by atoms with van der Waals surface area (Å²) >= 11 is 0. The lowest BCUT2D eigenvalue weighted by Gasteiger charge is -2.18. The predicted molar refractivity (Wildman–Crippen MR) is 104 cm³/mol. The van der Waals surface area contributed by atoms with Crippen molar-refractivity contribution in [3.05, 3.63) is 58.8 Å². The number of H-pyrrole nitrogens is 1. The van der Waals surface area contributed by atoms with Gasteiger partial charge in [0.05, 0.1) is 17.4 Å². The maximum atomic E-state index is 12.7. The first-order valence-electron chi connectivity index (χ1n) is 9.13. The monoisotopic (exact) mass is 379 g/mol. The Morgan fingerprint density at radius 2 is 2.21 bits per heavy atom. The quantitative estimate of drug-likeness (QED) is 0.679. The van der Waals surface area contributed by atoms with Gasteiger partial charge in [-0.1, -0.05) is 18.2 Å². The molecule has 3 aromatic rings. The molecule has 0 saturated carbocycles. The molecule has 0 aliphatic carbocycles. The van der Waals surface area contributed by atoms with Crippen molar-refractivity contribution >= 4 is 11.6 Å². The van der Waals surface area contributed by atoms with Crippen LogP contribution < -0.4 is 15.8 Å². The second-order valence-electron chi connectivity index (χ2n) is 6.87. The third kappa shape index (κ3) is 3.64. The minimum Gasteiger partial charge on any atom is -0.370 e. The molecule has 9 heteroatoms. The highest BCUT2D eigenvalue weighted by Gasteiger charge is 2.24. The van der Waals surface area contributed by atoms with E-state index >= 15 is 0 Å². The number of aromatic amines is 1. The van der Waals surface area contributed by atoms with E-state index in [2.05, 4.69) is 30.5 Å². The largest absolute Gasteiger partial charge is 0.370 e. The van der Waals surface area contributed by atoms with Crippen LogP contribution in [-0.2, 0) is 7.05 Å². The van der Waals surface area contributed by atoms with E-state index in [-0.39, 0.29) is 11.5 Å². The molecule has 3 heterocycles. The molecule has 1 amide bonds. The van der Waals surface area contributed by atoms with Crippen molar-refractivity contribution in [3.63, 3.8) is 0 Å². The highest BCUT2D eigenvalue weighted by molar-refractivity contribution is 6.00. The third-order valence-electron chi connectivity index (χ3n) is 5.00. The summed E-state index contributed by atoms with van der Waals surface area (Å²) in [6.07, 6.45) is 4.07. The second kappa shape index (κ2) is 7.63. The molecule has 9 nitrogen and oxygen atoms in total. The molecule has 0 spiro atoms. The fourth-order valence-corrected chi connectivity index (χ4v) is 3.42. The molecule has 28 heavy (non-hydrogen) atoms. The molecule has 4 rings (SSSR count). The van der Waals surface area contributed by atoms with Crippen LogP contribution in [0, 0.1) is 5.92 Å². The molecule has 144 valence electrons. The lowest BCUT2D eigenvalue weighted by Crippen LogP contribution is -2.31. The van der Waals surface area contributed by atoms with Gasteiger partial charge in [0.25, 0.3) is 11.5 Å². The normalized spacial score (nSPS) is 16.3. The standard InChI is InChI=1S/C19H21N7O2/c1-25-17(27)8-14(10-23-25)26-7-6-13(11-26)9-20-19(28)16-5-3-2-4-15(16)18-21-12-22-24-18/h2-5,8,10,12-13H,6-7,9,11H2,1H3,(H,20,28)(H,21,22,24)/t13-/m0/s1. The van der Waals surface area contributed by atoms with Crippen LogP contribution in [0.15, 0.2) is 47.7 Å².